The van der Waals surface area contributed by atoms with E-state index in [9.17, 15) is 4.79 Å². The zero-order chi connectivity index (χ0) is 13.5. The molecule has 0 aliphatic carbocycles. The molecule has 0 saturated heterocycles. The number of benzene rings is 1. The topological polar surface area (TPSA) is 72.1 Å². The number of amides is 1. The van der Waals surface area contributed by atoms with Gasteiger partial charge in [-0.3, -0.25) is 4.79 Å². The van der Waals surface area contributed by atoms with E-state index in [4.69, 9.17) is 5.73 Å². The predicted octanol–water partition coefficient (Wildman–Crippen LogP) is 1.60. The van der Waals surface area contributed by atoms with Gasteiger partial charge in [0.1, 0.15) is 0 Å². The average Bonchev–Trinajstić information content (AvgIpc) is 2.98. The summed E-state index contributed by atoms with van der Waals surface area (Å²) >= 11 is 1.04. The second kappa shape index (κ2) is 8.63. The zero-order valence-corrected chi connectivity index (χ0v) is 12.6. The molecule has 1 aromatic carbocycles. The van der Waals surface area contributed by atoms with E-state index in [-0.39, 0.29) is 18.3 Å². The first-order valence-corrected chi connectivity index (χ1v) is 6.85. The minimum Gasteiger partial charge on any atom is -0.336 e. The number of hydrogen-bond donors (Lipinski definition) is 1. The number of carbonyl (C=O) groups excluding carboxylic acids is 1. The third-order valence-electron chi connectivity index (χ3n) is 2.78. The van der Waals surface area contributed by atoms with Crippen LogP contribution in [0.3, 0.4) is 0 Å². The maximum absolute atomic E-state index is 12.2. The Morgan fingerprint density at radius 1 is 1.25 bits per heavy atom. The molecule has 2 aromatic rings. The average molecular weight is 313 g/mol. The maximum Gasteiger partial charge on any atom is 0.275 e. The normalized spacial score (nSPS) is 9.85. The molecule has 7 heteroatoms. The lowest BCUT2D eigenvalue weighted by Gasteiger charge is -2.20. The fourth-order valence-corrected chi connectivity index (χ4v) is 2.21. The summed E-state index contributed by atoms with van der Waals surface area (Å²) < 4.78 is 7.83. The highest BCUT2D eigenvalue weighted by molar-refractivity contribution is 6.99. The van der Waals surface area contributed by atoms with Crippen molar-refractivity contribution in [3.8, 4) is 0 Å². The van der Waals surface area contributed by atoms with Gasteiger partial charge < -0.3 is 10.6 Å². The van der Waals surface area contributed by atoms with Gasteiger partial charge in [-0.25, -0.2) is 0 Å². The van der Waals surface area contributed by atoms with Crippen LogP contribution >= 0.6 is 24.1 Å². The molecule has 0 fully saturated rings. The minimum absolute atomic E-state index is 0. The quantitative estimate of drug-likeness (QED) is 0.879. The molecule has 0 radical (unpaired) electrons. The van der Waals surface area contributed by atoms with E-state index < -0.39 is 0 Å². The summed E-state index contributed by atoms with van der Waals surface area (Å²) in [6, 6.07) is 10.1. The molecule has 5 nitrogen and oxygen atoms in total. The van der Waals surface area contributed by atoms with Crippen molar-refractivity contribution in [1.29, 1.82) is 0 Å². The van der Waals surface area contributed by atoms with Crippen molar-refractivity contribution in [1.82, 2.24) is 13.6 Å². The molecule has 1 amide bonds. The highest BCUT2D eigenvalue weighted by atomic mass is 35.5. The molecule has 0 spiro atoms. The molecule has 0 aliphatic heterocycles. The number of hydrogen-bond acceptors (Lipinski definition) is 5. The Morgan fingerprint density at radius 2 is 2.00 bits per heavy atom. The third kappa shape index (κ3) is 4.56. The summed E-state index contributed by atoms with van der Waals surface area (Å²) in [4.78, 5) is 13.9. The summed E-state index contributed by atoms with van der Waals surface area (Å²) in [5.74, 6) is -0.102. The van der Waals surface area contributed by atoms with E-state index >= 15 is 0 Å². The van der Waals surface area contributed by atoms with Gasteiger partial charge in [0, 0.05) is 19.6 Å². The zero-order valence-electron chi connectivity index (χ0n) is 10.9. The first kappa shape index (κ1) is 16.6. The Morgan fingerprint density at radius 3 is 2.60 bits per heavy atom. The Hall–Kier alpha value is -1.50. The molecule has 1 aromatic heterocycles. The summed E-state index contributed by atoms with van der Waals surface area (Å²) in [6.45, 7) is 1.61. The highest BCUT2D eigenvalue weighted by Crippen LogP contribution is 2.05. The second-order valence-electron chi connectivity index (χ2n) is 4.11. The number of carbonyl (C=O) groups is 1. The lowest BCUT2D eigenvalue weighted by molar-refractivity contribution is 0.0757. The molecule has 0 aliphatic rings. The van der Waals surface area contributed by atoms with Crippen molar-refractivity contribution >= 4 is 30.0 Å². The molecule has 0 atom stereocenters. The molecule has 1 heterocycles. The monoisotopic (exact) mass is 312 g/mol. The first-order chi connectivity index (χ1) is 9.31. The molecular formula is C13H17ClN4OS. The number of nitrogens with two attached hydrogens (primary N) is 1. The van der Waals surface area contributed by atoms with Gasteiger partial charge in [0.15, 0.2) is 5.69 Å². The van der Waals surface area contributed by atoms with E-state index in [2.05, 4.69) is 20.9 Å². The van der Waals surface area contributed by atoms with Crippen molar-refractivity contribution in [3.05, 3.63) is 47.8 Å². The van der Waals surface area contributed by atoms with Gasteiger partial charge in [-0.1, -0.05) is 30.3 Å². The molecule has 108 valence electrons. The molecular weight excluding hydrogens is 296 g/mol. The lowest BCUT2D eigenvalue weighted by Crippen LogP contribution is -2.37. The number of nitrogens with zero attached hydrogens (tertiary/aromatic N) is 3. The van der Waals surface area contributed by atoms with Crippen LogP contribution in [-0.2, 0) is 6.42 Å². The highest BCUT2D eigenvalue weighted by Gasteiger charge is 2.17. The number of aromatic nitrogens is 2. The summed E-state index contributed by atoms with van der Waals surface area (Å²) in [5.41, 5.74) is 7.16. The molecule has 0 unspecified atom stereocenters. The van der Waals surface area contributed by atoms with E-state index in [1.807, 2.05) is 18.2 Å². The van der Waals surface area contributed by atoms with Gasteiger partial charge in [-0.2, -0.15) is 8.75 Å². The summed E-state index contributed by atoms with van der Waals surface area (Å²) in [5, 5.41) is 0. The largest absolute Gasteiger partial charge is 0.336 e. The third-order valence-corrected chi connectivity index (χ3v) is 3.26. The van der Waals surface area contributed by atoms with Crippen LogP contribution in [0.5, 0.6) is 0 Å². The van der Waals surface area contributed by atoms with Crippen LogP contribution < -0.4 is 5.73 Å². The molecule has 0 saturated carbocycles. The minimum atomic E-state index is -0.102. The van der Waals surface area contributed by atoms with Crippen molar-refractivity contribution in [2.24, 2.45) is 5.73 Å². The van der Waals surface area contributed by atoms with Crippen LogP contribution in [0.2, 0.25) is 0 Å². The Balaban J connectivity index is 0.00000200. The number of halogens is 1. The van der Waals surface area contributed by atoms with Crippen LogP contribution in [0.4, 0.5) is 0 Å². The van der Waals surface area contributed by atoms with Crippen LogP contribution in [0.25, 0.3) is 0 Å². The van der Waals surface area contributed by atoms with Crippen LogP contribution in [0, 0.1) is 0 Å². The SMILES string of the molecule is Cl.NCCN(CCc1ccccc1)C(=O)c1cnsn1. The van der Waals surface area contributed by atoms with Gasteiger partial charge >= 0.3 is 0 Å². The van der Waals surface area contributed by atoms with Crippen molar-refractivity contribution < 1.29 is 4.79 Å². The second-order valence-corrected chi connectivity index (χ2v) is 4.67. The van der Waals surface area contributed by atoms with Crippen molar-refractivity contribution in [2.75, 3.05) is 19.6 Å². The first-order valence-electron chi connectivity index (χ1n) is 6.12. The van der Waals surface area contributed by atoms with Crippen LogP contribution in [-0.4, -0.2) is 39.2 Å². The van der Waals surface area contributed by atoms with E-state index in [0.29, 0.717) is 25.3 Å². The number of rotatable bonds is 6. The Labute approximate surface area is 128 Å². The molecule has 20 heavy (non-hydrogen) atoms. The van der Waals surface area contributed by atoms with Gasteiger partial charge in [-0.05, 0) is 12.0 Å². The van der Waals surface area contributed by atoms with E-state index in [0.717, 1.165) is 18.1 Å². The fraction of sp³-hybridized carbons (Fsp3) is 0.308. The van der Waals surface area contributed by atoms with Crippen molar-refractivity contribution in [2.45, 2.75) is 6.42 Å². The molecule has 2 N–H and O–H groups in total. The fourth-order valence-electron chi connectivity index (χ4n) is 1.80. The molecule has 2 rings (SSSR count). The molecule has 0 bridgehead atoms. The Kier molecular flexibility index (Phi) is 7.14. The smallest absolute Gasteiger partial charge is 0.275 e. The standard InChI is InChI=1S/C13H16N4OS.ClH/c14-7-9-17(13(18)12-10-15-19-16-12)8-6-11-4-2-1-3-5-11;/h1-5,10H,6-9,14H2;1H. The van der Waals surface area contributed by atoms with Gasteiger partial charge in [-0.15, -0.1) is 12.4 Å². The van der Waals surface area contributed by atoms with Gasteiger partial charge in [0.05, 0.1) is 17.9 Å². The summed E-state index contributed by atoms with van der Waals surface area (Å²) in [6.07, 6.45) is 2.31. The van der Waals surface area contributed by atoms with Gasteiger partial charge in [0.2, 0.25) is 0 Å². The van der Waals surface area contributed by atoms with Gasteiger partial charge in [0.25, 0.3) is 5.91 Å². The predicted molar refractivity (Wildman–Crippen MR) is 82.3 cm³/mol. The lowest BCUT2D eigenvalue weighted by atomic mass is 10.1. The maximum atomic E-state index is 12.2. The Bertz CT molecular complexity index is 506. The van der Waals surface area contributed by atoms with Crippen LogP contribution in [0.1, 0.15) is 16.1 Å². The van der Waals surface area contributed by atoms with E-state index in [1.54, 1.807) is 4.90 Å². The van der Waals surface area contributed by atoms with Crippen LogP contribution in [0.15, 0.2) is 36.5 Å². The van der Waals surface area contributed by atoms with Crippen molar-refractivity contribution in [3.63, 3.8) is 0 Å². The van der Waals surface area contributed by atoms with E-state index in [1.165, 1.54) is 11.8 Å². The summed E-state index contributed by atoms with van der Waals surface area (Å²) in [7, 11) is 0.